The van der Waals surface area contributed by atoms with Gasteiger partial charge in [0.1, 0.15) is 6.61 Å². The zero-order chi connectivity index (χ0) is 17.0. The number of phenols is 1. The van der Waals surface area contributed by atoms with Crippen molar-refractivity contribution < 1.29 is 19.4 Å². The highest BCUT2D eigenvalue weighted by atomic mass is 35.5. The lowest BCUT2D eigenvalue weighted by Crippen LogP contribution is -2.06. The summed E-state index contributed by atoms with van der Waals surface area (Å²) in [5.74, 6) is -0.685. The third-order valence-electron chi connectivity index (χ3n) is 2.92. The Balaban J connectivity index is 2.12. The molecule has 7 heteroatoms. The van der Waals surface area contributed by atoms with Crippen molar-refractivity contribution in [2.75, 3.05) is 6.61 Å². The van der Waals surface area contributed by atoms with Crippen LogP contribution in [0.3, 0.4) is 0 Å². The van der Waals surface area contributed by atoms with E-state index in [0.29, 0.717) is 22.2 Å². The van der Waals surface area contributed by atoms with Crippen molar-refractivity contribution in [3.8, 4) is 11.5 Å². The predicted octanol–water partition coefficient (Wildman–Crippen LogP) is 5.11. The second kappa shape index (κ2) is 7.77. The number of esters is 1. The molecule has 0 saturated carbocycles. The molecule has 2 rings (SSSR count). The van der Waals surface area contributed by atoms with E-state index in [2.05, 4.69) is 0 Å². The van der Waals surface area contributed by atoms with Crippen molar-refractivity contribution >= 4 is 40.8 Å². The van der Waals surface area contributed by atoms with Gasteiger partial charge < -0.3 is 14.6 Å². The van der Waals surface area contributed by atoms with Crippen LogP contribution >= 0.6 is 34.8 Å². The highest BCUT2D eigenvalue weighted by Crippen LogP contribution is 2.35. The summed E-state index contributed by atoms with van der Waals surface area (Å²) in [5.41, 5.74) is 0.874. The van der Waals surface area contributed by atoms with Crippen molar-refractivity contribution in [1.29, 1.82) is 0 Å². The van der Waals surface area contributed by atoms with Crippen LogP contribution in [0, 0.1) is 0 Å². The number of phenolic OH excluding ortho intramolecular Hbond substituents is 1. The molecule has 0 aliphatic heterocycles. The fourth-order valence-electron chi connectivity index (χ4n) is 1.82. The standard InChI is InChI=1S/C16H13Cl3O4/c1-2-22-14-7-10(6-13(19)15(14)20)16(21)23-8-9-3-4-11(17)12(18)5-9/h3-7,20H,2,8H2,1H3. The van der Waals surface area contributed by atoms with E-state index in [0.717, 1.165) is 0 Å². The molecule has 0 atom stereocenters. The van der Waals surface area contributed by atoms with Crippen LogP contribution in [0.25, 0.3) is 0 Å². The Bertz CT molecular complexity index is 732. The number of ether oxygens (including phenoxy) is 2. The second-order valence-electron chi connectivity index (χ2n) is 4.56. The van der Waals surface area contributed by atoms with Gasteiger partial charge >= 0.3 is 5.97 Å². The van der Waals surface area contributed by atoms with Gasteiger partial charge in [-0.25, -0.2) is 4.79 Å². The number of halogens is 3. The molecule has 0 spiro atoms. The van der Waals surface area contributed by atoms with Gasteiger partial charge in [-0.1, -0.05) is 40.9 Å². The highest BCUT2D eigenvalue weighted by Gasteiger charge is 2.15. The molecule has 0 aliphatic rings. The van der Waals surface area contributed by atoms with Crippen LogP contribution in [0.1, 0.15) is 22.8 Å². The van der Waals surface area contributed by atoms with Crippen LogP contribution in [-0.2, 0) is 11.3 Å². The maximum absolute atomic E-state index is 12.1. The molecule has 0 heterocycles. The first-order valence-electron chi connectivity index (χ1n) is 6.68. The molecule has 4 nitrogen and oxygen atoms in total. The third kappa shape index (κ3) is 4.44. The lowest BCUT2D eigenvalue weighted by atomic mass is 10.2. The lowest BCUT2D eigenvalue weighted by Gasteiger charge is -2.10. The fraction of sp³-hybridized carbons (Fsp3) is 0.188. The van der Waals surface area contributed by atoms with E-state index in [9.17, 15) is 9.90 Å². The number of benzene rings is 2. The van der Waals surface area contributed by atoms with Crippen LogP contribution in [0.4, 0.5) is 0 Å². The van der Waals surface area contributed by atoms with Gasteiger partial charge in [0.15, 0.2) is 11.5 Å². The number of rotatable bonds is 5. The smallest absolute Gasteiger partial charge is 0.338 e. The van der Waals surface area contributed by atoms with Crippen molar-refractivity contribution in [2.45, 2.75) is 13.5 Å². The van der Waals surface area contributed by atoms with Crippen molar-refractivity contribution in [3.63, 3.8) is 0 Å². The van der Waals surface area contributed by atoms with Crippen molar-refractivity contribution in [3.05, 3.63) is 56.5 Å². The number of hydrogen-bond acceptors (Lipinski definition) is 4. The highest BCUT2D eigenvalue weighted by molar-refractivity contribution is 6.42. The summed E-state index contributed by atoms with van der Waals surface area (Å²) < 4.78 is 10.4. The molecule has 0 amide bonds. The van der Waals surface area contributed by atoms with Gasteiger partial charge in [0, 0.05) is 0 Å². The molecule has 2 aromatic carbocycles. The van der Waals surface area contributed by atoms with E-state index in [1.54, 1.807) is 25.1 Å². The predicted molar refractivity (Wildman–Crippen MR) is 89.9 cm³/mol. The summed E-state index contributed by atoms with van der Waals surface area (Å²) in [6.45, 7) is 2.10. The molecule has 23 heavy (non-hydrogen) atoms. The Morgan fingerprint density at radius 3 is 2.48 bits per heavy atom. The average molecular weight is 376 g/mol. The van der Waals surface area contributed by atoms with Crippen LogP contribution < -0.4 is 4.74 Å². The van der Waals surface area contributed by atoms with Gasteiger partial charge in [0.2, 0.25) is 0 Å². The maximum atomic E-state index is 12.1. The van der Waals surface area contributed by atoms with E-state index in [-0.39, 0.29) is 28.7 Å². The van der Waals surface area contributed by atoms with Crippen molar-refractivity contribution in [1.82, 2.24) is 0 Å². The maximum Gasteiger partial charge on any atom is 0.338 e. The normalized spacial score (nSPS) is 10.4. The number of carbonyl (C=O) groups is 1. The molecule has 122 valence electrons. The SMILES string of the molecule is CCOc1cc(C(=O)OCc2ccc(Cl)c(Cl)c2)cc(Cl)c1O. The summed E-state index contributed by atoms with van der Waals surface area (Å²) in [7, 11) is 0. The topological polar surface area (TPSA) is 55.8 Å². The molecule has 0 aromatic heterocycles. The lowest BCUT2D eigenvalue weighted by molar-refractivity contribution is 0.0472. The first-order chi connectivity index (χ1) is 10.9. The monoisotopic (exact) mass is 374 g/mol. The molecular formula is C16H13Cl3O4. The van der Waals surface area contributed by atoms with Crippen LogP contribution in [-0.4, -0.2) is 17.7 Å². The quantitative estimate of drug-likeness (QED) is 0.738. The second-order valence-corrected chi connectivity index (χ2v) is 5.78. The zero-order valence-corrected chi connectivity index (χ0v) is 14.4. The van der Waals surface area contributed by atoms with Gasteiger partial charge in [-0.2, -0.15) is 0 Å². The molecule has 0 bridgehead atoms. The minimum Gasteiger partial charge on any atom is -0.503 e. The summed E-state index contributed by atoms with van der Waals surface area (Å²) in [4.78, 5) is 12.1. The molecule has 1 N–H and O–H groups in total. The van der Waals surface area contributed by atoms with E-state index in [1.807, 2.05) is 0 Å². The van der Waals surface area contributed by atoms with Crippen molar-refractivity contribution in [2.24, 2.45) is 0 Å². The molecule has 0 aliphatic carbocycles. The summed E-state index contributed by atoms with van der Waals surface area (Å²) in [6.07, 6.45) is 0. The van der Waals surface area contributed by atoms with Crippen LogP contribution in [0.2, 0.25) is 15.1 Å². The largest absolute Gasteiger partial charge is 0.503 e. The number of aromatic hydroxyl groups is 1. The van der Waals surface area contributed by atoms with Gasteiger partial charge in [-0.3, -0.25) is 0 Å². The van der Waals surface area contributed by atoms with Gasteiger partial charge in [-0.05, 0) is 36.8 Å². The molecule has 0 fully saturated rings. The van der Waals surface area contributed by atoms with E-state index in [1.165, 1.54) is 12.1 Å². The molecule has 2 aromatic rings. The zero-order valence-electron chi connectivity index (χ0n) is 12.1. The summed E-state index contributed by atoms with van der Waals surface area (Å²) in [6, 6.07) is 7.64. The molecular weight excluding hydrogens is 363 g/mol. The Morgan fingerprint density at radius 2 is 1.83 bits per heavy atom. The van der Waals surface area contributed by atoms with E-state index in [4.69, 9.17) is 44.3 Å². The van der Waals surface area contributed by atoms with Crippen LogP contribution in [0.5, 0.6) is 11.5 Å². The van der Waals surface area contributed by atoms with Gasteiger partial charge in [0.25, 0.3) is 0 Å². The molecule has 0 radical (unpaired) electrons. The summed E-state index contributed by atoms with van der Waals surface area (Å²) >= 11 is 17.6. The van der Waals surface area contributed by atoms with Gasteiger partial charge in [-0.15, -0.1) is 0 Å². The third-order valence-corrected chi connectivity index (χ3v) is 3.95. The Hall–Kier alpha value is -1.62. The van der Waals surface area contributed by atoms with Gasteiger partial charge in [0.05, 0.1) is 27.2 Å². The minimum atomic E-state index is -0.598. The number of carbonyl (C=O) groups excluding carboxylic acids is 1. The van der Waals surface area contributed by atoms with Crippen LogP contribution in [0.15, 0.2) is 30.3 Å². The Labute approximate surface area is 148 Å². The van der Waals surface area contributed by atoms with E-state index < -0.39 is 5.97 Å². The molecule has 0 saturated heterocycles. The molecule has 0 unspecified atom stereocenters. The Kier molecular flexibility index (Phi) is 5.99. The first-order valence-corrected chi connectivity index (χ1v) is 7.82. The first kappa shape index (κ1) is 17.7. The number of hydrogen-bond donors (Lipinski definition) is 1. The minimum absolute atomic E-state index is 0.0115. The Morgan fingerprint density at radius 1 is 1.09 bits per heavy atom. The summed E-state index contributed by atoms with van der Waals surface area (Å²) in [5, 5.41) is 10.6. The average Bonchev–Trinajstić information content (AvgIpc) is 2.52. The fourth-order valence-corrected chi connectivity index (χ4v) is 2.35. The van der Waals surface area contributed by atoms with E-state index >= 15 is 0 Å².